The highest BCUT2D eigenvalue weighted by Gasteiger charge is 2.40. The van der Waals surface area contributed by atoms with E-state index in [1.165, 1.54) is 102 Å². The summed E-state index contributed by atoms with van der Waals surface area (Å²) in [6.45, 7) is 19.2. The Morgan fingerprint density at radius 1 is 0.351 bits per heavy atom. The summed E-state index contributed by atoms with van der Waals surface area (Å²) in [5.41, 5.74) is 22.6. The smallest absolute Gasteiger partial charge is 0.0543 e. The van der Waals surface area contributed by atoms with Gasteiger partial charge in [0.25, 0.3) is 0 Å². The van der Waals surface area contributed by atoms with Crippen LogP contribution in [0.4, 0.5) is 17.1 Å². The number of para-hydroxylation sites is 1. The highest BCUT2D eigenvalue weighted by atomic mass is 15.1. The Hall–Kier alpha value is -5.66. The lowest BCUT2D eigenvalue weighted by Gasteiger charge is -2.43. The van der Waals surface area contributed by atoms with E-state index in [9.17, 15) is 0 Å². The average molecular weight is 740 g/mol. The van der Waals surface area contributed by atoms with Gasteiger partial charge in [0.2, 0.25) is 0 Å². The largest absolute Gasteiger partial charge is 0.310 e. The Morgan fingerprint density at radius 2 is 0.860 bits per heavy atom. The van der Waals surface area contributed by atoms with Gasteiger partial charge in [-0.1, -0.05) is 171 Å². The highest BCUT2D eigenvalue weighted by Crippen LogP contribution is 2.56. The third kappa shape index (κ3) is 5.35. The molecule has 0 fully saturated rings. The first-order valence-electron chi connectivity index (χ1n) is 20.9. The lowest BCUT2D eigenvalue weighted by Crippen LogP contribution is -2.34. The normalized spacial score (nSPS) is 17.2. The van der Waals surface area contributed by atoms with Crippen LogP contribution in [0.1, 0.15) is 102 Å². The Labute approximate surface area is 340 Å². The van der Waals surface area contributed by atoms with Gasteiger partial charge in [0.15, 0.2) is 0 Å². The summed E-state index contributed by atoms with van der Waals surface area (Å²) in [5.74, 6) is 0. The number of rotatable bonds is 5. The van der Waals surface area contributed by atoms with Crippen molar-refractivity contribution in [3.05, 3.63) is 185 Å². The van der Waals surface area contributed by atoms with E-state index in [1.807, 2.05) is 0 Å². The molecule has 0 radical (unpaired) electrons. The standard InChI is InChI=1S/C56H53N/c1-53(2)31-32-54(3,4)52-40(21-16-24-48(52)53)36-25-27-37(28-26-36)44-34-45-42-20-13-15-23-47(42)56(7,8)50(45)35-51(44)57(38-17-10-9-11-18-38)39-29-30-43-41-19-12-14-22-46(41)55(5,6)49(43)33-39/h9-30,33-35H,31-32H2,1-8H3. The third-order valence-electron chi connectivity index (χ3n) is 14.1. The minimum absolute atomic E-state index is 0.106. The van der Waals surface area contributed by atoms with Gasteiger partial charge in [-0.15, -0.1) is 0 Å². The van der Waals surface area contributed by atoms with E-state index in [0.29, 0.717) is 0 Å². The Bertz CT molecular complexity index is 2720. The average Bonchev–Trinajstić information content (AvgIpc) is 3.58. The van der Waals surface area contributed by atoms with E-state index < -0.39 is 0 Å². The molecule has 0 amide bonds. The molecule has 0 atom stereocenters. The molecule has 0 unspecified atom stereocenters. The van der Waals surface area contributed by atoms with Gasteiger partial charge < -0.3 is 4.90 Å². The second-order valence-electron chi connectivity index (χ2n) is 19.2. The molecule has 3 aliphatic carbocycles. The van der Waals surface area contributed by atoms with E-state index in [1.54, 1.807) is 0 Å². The molecule has 57 heavy (non-hydrogen) atoms. The molecule has 1 heteroatoms. The molecule has 0 N–H and O–H groups in total. The topological polar surface area (TPSA) is 3.24 Å². The van der Waals surface area contributed by atoms with Crippen molar-refractivity contribution in [1.82, 2.24) is 0 Å². The van der Waals surface area contributed by atoms with E-state index >= 15 is 0 Å². The van der Waals surface area contributed by atoms with Gasteiger partial charge in [0.05, 0.1) is 5.69 Å². The first-order chi connectivity index (χ1) is 27.3. The number of hydrogen-bond acceptors (Lipinski definition) is 1. The van der Waals surface area contributed by atoms with Crippen LogP contribution < -0.4 is 4.90 Å². The zero-order valence-corrected chi connectivity index (χ0v) is 34.8. The Kier molecular flexibility index (Phi) is 7.79. The van der Waals surface area contributed by atoms with Crippen LogP contribution in [0.15, 0.2) is 152 Å². The van der Waals surface area contributed by atoms with Gasteiger partial charge in [-0.05, 0) is 132 Å². The number of nitrogens with zero attached hydrogens (tertiary/aromatic N) is 1. The van der Waals surface area contributed by atoms with E-state index in [4.69, 9.17) is 0 Å². The van der Waals surface area contributed by atoms with Crippen molar-refractivity contribution in [2.75, 3.05) is 4.90 Å². The SMILES string of the molecule is CC1(C)CCC(C)(C)c2c(-c3ccc(-c4cc5c(cc4N(c4ccccc4)c4ccc6c(c4)C(C)(C)c4ccccc4-6)C(C)(C)c4ccccc4-5)cc3)cccc21. The van der Waals surface area contributed by atoms with Gasteiger partial charge in [-0.25, -0.2) is 0 Å². The fourth-order valence-electron chi connectivity index (χ4n) is 10.8. The minimum Gasteiger partial charge on any atom is -0.310 e. The van der Waals surface area contributed by atoms with Crippen LogP contribution in [-0.2, 0) is 21.7 Å². The van der Waals surface area contributed by atoms with Gasteiger partial charge in [-0.3, -0.25) is 0 Å². The molecule has 0 saturated heterocycles. The van der Waals surface area contributed by atoms with Crippen LogP contribution in [0, 0.1) is 0 Å². The molecule has 0 heterocycles. The summed E-state index contributed by atoms with van der Waals surface area (Å²) < 4.78 is 0. The molecule has 0 aliphatic heterocycles. The lowest BCUT2D eigenvalue weighted by atomic mass is 9.61. The predicted octanol–water partition coefficient (Wildman–Crippen LogP) is 15.5. The fraction of sp³-hybridized carbons (Fsp3) is 0.250. The van der Waals surface area contributed by atoms with Gasteiger partial charge in [-0.2, -0.15) is 0 Å². The quantitative estimate of drug-likeness (QED) is 0.170. The second kappa shape index (κ2) is 12.4. The summed E-state index contributed by atoms with van der Waals surface area (Å²) in [6.07, 6.45) is 2.41. The van der Waals surface area contributed by atoms with Crippen LogP contribution in [0.3, 0.4) is 0 Å². The molecule has 0 aromatic heterocycles. The van der Waals surface area contributed by atoms with Gasteiger partial charge >= 0.3 is 0 Å². The zero-order chi connectivity index (χ0) is 39.5. The van der Waals surface area contributed by atoms with Crippen molar-refractivity contribution in [2.45, 2.75) is 89.9 Å². The van der Waals surface area contributed by atoms with Crippen molar-refractivity contribution in [3.63, 3.8) is 0 Å². The van der Waals surface area contributed by atoms with Crippen LogP contribution in [-0.4, -0.2) is 0 Å². The summed E-state index contributed by atoms with van der Waals surface area (Å²) >= 11 is 0. The molecule has 1 nitrogen and oxygen atoms in total. The van der Waals surface area contributed by atoms with Crippen molar-refractivity contribution < 1.29 is 0 Å². The number of anilines is 3. The first-order valence-corrected chi connectivity index (χ1v) is 20.9. The van der Waals surface area contributed by atoms with Crippen molar-refractivity contribution >= 4 is 17.1 Å². The molecule has 0 spiro atoms. The molecule has 0 saturated carbocycles. The highest BCUT2D eigenvalue weighted by molar-refractivity contribution is 5.96. The van der Waals surface area contributed by atoms with Crippen LogP contribution in [0.5, 0.6) is 0 Å². The number of hydrogen-bond donors (Lipinski definition) is 0. The Morgan fingerprint density at radius 3 is 1.53 bits per heavy atom. The molecule has 282 valence electrons. The van der Waals surface area contributed by atoms with E-state index in [0.717, 1.165) is 5.69 Å². The van der Waals surface area contributed by atoms with E-state index in [-0.39, 0.29) is 21.7 Å². The summed E-state index contributed by atoms with van der Waals surface area (Å²) in [7, 11) is 0. The van der Waals surface area contributed by atoms with Crippen molar-refractivity contribution in [2.24, 2.45) is 0 Å². The van der Waals surface area contributed by atoms with E-state index in [2.05, 4.69) is 212 Å². The van der Waals surface area contributed by atoms with Gasteiger partial charge in [0, 0.05) is 27.8 Å². The number of benzene rings is 7. The molecule has 0 bridgehead atoms. The molecule has 7 aromatic rings. The minimum atomic E-state index is -0.139. The summed E-state index contributed by atoms with van der Waals surface area (Å²) in [6, 6.07) is 57.6. The molecule has 3 aliphatic rings. The molecule has 7 aromatic carbocycles. The monoisotopic (exact) mass is 739 g/mol. The Balaban J connectivity index is 1.19. The summed E-state index contributed by atoms with van der Waals surface area (Å²) in [5, 5.41) is 0. The van der Waals surface area contributed by atoms with Crippen molar-refractivity contribution in [3.8, 4) is 44.5 Å². The second-order valence-corrected chi connectivity index (χ2v) is 19.2. The number of fused-ring (bicyclic) bond motifs is 7. The van der Waals surface area contributed by atoms with Crippen LogP contribution >= 0.6 is 0 Å². The predicted molar refractivity (Wildman–Crippen MR) is 242 cm³/mol. The maximum Gasteiger partial charge on any atom is 0.0543 e. The van der Waals surface area contributed by atoms with Gasteiger partial charge in [0.1, 0.15) is 0 Å². The zero-order valence-electron chi connectivity index (χ0n) is 34.8. The third-order valence-corrected chi connectivity index (χ3v) is 14.1. The van der Waals surface area contributed by atoms with Crippen LogP contribution in [0.25, 0.3) is 44.5 Å². The summed E-state index contributed by atoms with van der Waals surface area (Å²) in [4.78, 5) is 2.51. The van der Waals surface area contributed by atoms with Crippen LogP contribution in [0.2, 0.25) is 0 Å². The maximum absolute atomic E-state index is 2.51. The first kappa shape index (κ1) is 35.7. The fourth-order valence-corrected chi connectivity index (χ4v) is 10.8. The molecular formula is C56H53N. The maximum atomic E-state index is 2.51. The lowest BCUT2D eigenvalue weighted by molar-refractivity contribution is 0.333. The molecule has 10 rings (SSSR count). The van der Waals surface area contributed by atoms with Crippen molar-refractivity contribution in [1.29, 1.82) is 0 Å². The molecular weight excluding hydrogens is 687 g/mol.